The highest BCUT2D eigenvalue weighted by Gasteiger charge is 2.22. The van der Waals surface area contributed by atoms with E-state index < -0.39 is 17.9 Å². The second-order valence-electron chi connectivity index (χ2n) is 5.18. The summed E-state index contributed by atoms with van der Waals surface area (Å²) in [5.41, 5.74) is -0.231. The Bertz CT molecular complexity index is 274. The fraction of sp³-hybridized carbons (Fsp3) is 0.833. The molecular weight excluding hydrogens is 236 g/mol. The number of nitrogens with one attached hydrogen (secondary N) is 2. The van der Waals surface area contributed by atoms with Gasteiger partial charge >= 0.3 is 11.8 Å². The zero-order valence-corrected chi connectivity index (χ0v) is 11.6. The van der Waals surface area contributed by atoms with Gasteiger partial charge in [-0.05, 0) is 11.8 Å². The molecule has 0 bridgehead atoms. The van der Waals surface area contributed by atoms with Crippen molar-refractivity contribution in [2.24, 2.45) is 5.41 Å². The standard InChI is InChI=1S/C12H24N2O4/c1-12(2,3)9(15)5-6-13-10(16)11(17)14-7-8-18-4/h9,15H,5-8H2,1-4H3,(H,13,16)(H,14,17)/t9-/m1/s1. The maximum atomic E-state index is 11.3. The molecular formula is C12H24N2O4. The quantitative estimate of drug-likeness (QED) is 0.450. The largest absolute Gasteiger partial charge is 0.393 e. The van der Waals surface area contributed by atoms with Crippen molar-refractivity contribution < 1.29 is 19.4 Å². The van der Waals surface area contributed by atoms with Gasteiger partial charge < -0.3 is 20.5 Å². The van der Waals surface area contributed by atoms with Gasteiger partial charge in [0.1, 0.15) is 0 Å². The van der Waals surface area contributed by atoms with Gasteiger partial charge in [0.15, 0.2) is 0 Å². The Morgan fingerprint density at radius 2 is 1.67 bits per heavy atom. The summed E-state index contributed by atoms with van der Waals surface area (Å²) >= 11 is 0. The van der Waals surface area contributed by atoms with E-state index in [0.29, 0.717) is 19.6 Å². The third kappa shape index (κ3) is 7.24. The normalized spacial score (nSPS) is 12.9. The topological polar surface area (TPSA) is 87.7 Å². The van der Waals surface area contributed by atoms with Crippen LogP contribution in [0.2, 0.25) is 0 Å². The van der Waals surface area contributed by atoms with Crippen molar-refractivity contribution in [3.8, 4) is 0 Å². The Morgan fingerprint density at radius 3 is 2.11 bits per heavy atom. The molecule has 1 atom stereocenters. The van der Waals surface area contributed by atoms with Crippen LogP contribution in [0.15, 0.2) is 0 Å². The summed E-state index contributed by atoms with van der Waals surface area (Å²) in [5, 5.41) is 14.6. The molecule has 0 saturated heterocycles. The molecule has 0 radical (unpaired) electrons. The highest BCUT2D eigenvalue weighted by atomic mass is 16.5. The van der Waals surface area contributed by atoms with Crippen molar-refractivity contribution >= 4 is 11.8 Å². The number of ether oxygens (including phenoxy) is 1. The van der Waals surface area contributed by atoms with Gasteiger partial charge in [-0.15, -0.1) is 0 Å². The maximum absolute atomic E-state index is 11.3. The summed E-state index contributed by atoms with van der Waals surface area (Å²) in [6.45, 7) is 6.68. The number of amides is 2. The predicted molar refractivity (Wildman–Crippen MR) is 68.0 cm³/mol. The molecule has 106 valence electrons. The number of carbonyl (C=O) groups excluding carboxylic acids is 2. The minimum atomic E-state index is -0.688. The molecule has 2 amide bonds. The average Bonchev–Trinajstić information content (AvgIpc) is 2.27. The summed E-state index contributed by atoms with van der Waals surface area (Å²) in [7, 11) is 1.51. The van der Waals surface area contributed by atoms with Gasteiger partial charge in [0.25, 0.3) is 0 Å². The smallest absolute Gasteiger partial charge is 0.309 e. The van der Waals surface area contributed by atoms with Crippen molar-refractivity contribution in [3.05, 3.63) is 0 Å². The van der Waals surface area contributed by atoms with E-state index in [2.05, 4.69) is 10.6 Å². The van der Waals surface area contributed by atoms with Crippen LogP contribution in [0.1, 0.15) is 27.2 Å². The lowest BCUT2D eigenvalue weighted by atomic mass is 9.87. The third-order valence-corrected chi connectivity index (χ3v) is 2.50. The molecule has 6 heteroatoms. The number of aliphatic hydroxyl groups is 1. The predicted octanol–water partition coefficient (Wildman–Crippen LogP) is -0.338. The van der Waals surface area contributed by atoms with Gasteiger partial charge in [0.05, 0.1) is 12.7 Å². The minimum absolute atomic E-state index is 0.231. The molecule has 0 unspecified atom stereocenters. The molecule has 0 saturated carbocycles. The van der Waals surface area contributed by atoms with Gasteiger partial charge in [-0.2, -0.15) is 0 Å². The Balaban J connectivity index is 3.80. The van der Waals surface area contributed by atoms with E-state index in [9.17, 15) is 14.7 Å². The van der Waals surface area contributed by atoms with Crippen LogP contribution in [-0.2, 0) is 14.3 Å². The van der Waals surface area contributed by atoms with Crippen LogP contribution in [0.25, 0.3) is 0 Å². The highest BCUT2D eigenvalue weighted by molar-refractivity contribution is 6.35. The van der Waals surface area contributed by atoms with Crippen LogP contribution in [0.3, 0.4) is 0 Å². The highest BCUT2D eigenvalue weighted by Crippen LogP contribution is 2.20. The van der Waals surface area contributed by atoms with Gasteiger partial charge in [0, 0.05) is 20.2 Å². The summed E-state index contributed by atoms with van der Waals surface area (Å²) in [6, 6.07) is 0. The monoisotopic (exact) mass is 260 g/mol. The lowest BCUT2D eigenvalue weighted by Gasteiger charge is -2.25. The summed E-state index contributed by atoms with van der Waals surface area (Å²) in [6.07, 6.45) is -0.102. The van der Waals surface area contributed by atoms with Gasteiger partial charge in [-0.3, -0.25) is 9.59 Å². The first-order valence-corrected chi connectivity index (χ1v) is 6.02. The van der Waals surface area contributed by atoms with E-state index in [0.717, 1.165) is 0 Å². The molecule has 0 aromatic rings. The first-order valence-electron chi connectivity index (χ1n) is 6.02. The van der Waals surface area contributed by atoms with Crippen molar-refractivity contribution in [1.29, 1.82) is 0 Å². The van der Waals surface area contributed by atoms with Crippen LogP contribution >= 0.6 is 0 Å². The number of rotatable bonds is 6. The molecule has 0 rings (SSSR count). The van der Waals surface area contributed by atoms with Crippen molar-refractivity contribution in [2.75, 3.05) is 26.8 Å². The summed E-state index contributed by atoms with van der Waals surface area (Å²) in [5.74, 6) is -1.37. The third-order valence-electron chi connectivity index (χ3n) is 2.50. The average molecular weight is 260 g/mol. The van der Waals surface area contributed by atoms with E-state index in [1.54, 1.807) is 0 Å². The van der Waals surface area contributed by atoms with E-state index >= 15 is 0 Å². The minimum Gasteiger partial charge on any atom is -0.393 e. The van der Waals surface area contributed by atoms with Crippen LogP contribution in [0.4, 0.5) is 0 Å². The Hall–Kier alpha value is -1.14. The van der Waals surface area contributed by atoms with Gasteiger partial charge in [0.2, 0.25) is 0 Å². The Labute approximate surface area is 108 Å². The number of carbonyl (C=O) groups is 2. The number of methoxy groups -OCH3 is 1. The lowest BCUT2D eigenvalue weighted by Crippen LogP contribution is -2.42. The van der Waals surface area contributed by atoms with E-state index in [-0.39, 0.29) is 12.0 Å². The van der Waals surface area contributed by atoms with Crippen molar-refractivity contribution in [2.45, 2.75) is 33.3 Å². The molecule has 0 aliphatic rings. The van der Waals surface area contributed by atoms with E-state index in [1.807, 2.05) is 20.8 Å². The molecule has 0 spiro atoms. The summed E-state index contributed by atoms with van der Waals surface area (Å²) < 4.78 is 4.74. The molecule has 0 aromatic carbocycles. The Kier molecular flexibility index (Phi) is 7.54. The molecule has 6 nitrogen and oxygen atoms in total. The first kappa shape index (κ1) is 16.9. The lowest BCUT2D eigenvalue weighted by molar-refractivity contribution is -0.139. The summed E-state index contributed by atoms with van der Waals surface area (Å²) in [4.78, 5) is 22.6. The van der Waals surface area contributed by atoms with Gasteiger partial charge in [-0.25, -0.2) is 0 Å². The zero-order chi connectivity index (χ0) is 14.2. The van der Waals surface area contributed by atoms with Gasteiger partial charge in [-0.1, -0.05) is 20.8 Å². The second kappa shape index (κ2) is 8.05. The zero-order valence-electron chi connectivity index (χ0n) is 11.6. The van der Waals surface area contributed by atoms with Crippen molar-refractivity contribution in [3.63, 3.8) is 0 Å². The van der Waals surface area contributed by atoms with E-state index in [1.165, 1.54) is 7.11 Å². The maximum Gasteiger partial charge on any atom is 0.309 e. The SMILES string of the molecule is COCCNC(=O)C(=O)NCC[C@@H](O)C(C)(C)C. The number of hydrogen-bond acceptors (Lipinski definition) is 4. The fourth-order valence-corrected chi connectivity index (χ4v) is 1.18. The first-order chi connectivity index (χ1) is 8.29. The molecule has 0 aromatic heterocycles. The molecule has 0 aliphatic carbocycles. The van der Waals surface area contributed by atoms with Crippen molar-refractivity contribution in [1.82, 2.24) is 10.6 Å². The molecule has 3 N–H and O–H groups in total. The van der Waals surface area contributed by atoms with E-state index in [4.69, 9.17) is 4.74 Å². The van der Waals surface area contributed by atoms with Crippen LogP contribution in [-0.4, -0.2) is 49.8 Å². The van der Waals surface area contributed by atoms with Crippen LogP contribution in [0, 0.1) is 5.41 Å². The number of hydrogen-bond donors (Lipinski definition) is 3. The Morgan fingerprint density at radius 1 is 1.17 bits per heavy atom. The van der Waals surface area contributed by atoms with Crippen LogP contribution in [0.5, 0.6) is 0 Å². The van der Waals surface area contributed by atoms with Crippen LogP contribution < -0.4 is 10.6 Å². The second-order valence-corrected chi connectivity index (χ2v) is 5.18. The molecule has 0 heterocycles. The molecule has 18 heavy (non-hydrogen) atoms. The number of aliphatic hydroxyl groups excluding tert-OH is 1. The molecule has 0 fully saturated rings. The fourth-order valence-electron chi connectivity index (χ4n) is 1.18. The molecule has 0 aliphatic heterocycles.